The van der Waals surface area contributed by atoms with Gasteiger partial charge in [-0.15, -0.1) is 0 Å². The Morgan fingerprint density at radius 1 is 1.07 bits per heavy atom. The highest BCUT2D eigenvalue weighted by atomic mass is 16.5. The molecule has 0 bridgehead atoms. The number of hydrogen-bond donors (Lipinski definition) is 2. The topological polar surface area (TPSA) is 89.0 Å². The maximum Gasteiger partial charge on any atom is 0.254 e. The van der Waals surface area contributed by atoms with Gasteiger partial charge in [0.2, 0.25) is 5.95 Å². The van der Waals surface area contributed by atoms with Crippen molar-refractivity contribution in [2.24, 2.45) is 0 Å². The number of pyridine rings is 1. The van der Waals surface area contributed by atoms with E-state index >= 15 is 0 Å². The van der Waals surface area contributed by atoms with E-state index in [4.69, 9.17) is 4.74 Å². The molecule has 0 fully saturated rings. The molecule has 138 valence electrons. The van der Waals surface area contributed by atoms with Gasteiger partial charge in [-0.25, -0.2) is 9.97 Å². The lowest BCUT2D eigenvalue weighted by Crippen LogP contribution is -2.23. The van der Waals surface area contributed by atoms with Gasteiger partial charge in [-0.2, -0.15) is 0 Å². The Labute approximate surface area is 157 Å². The van der Waals surface area contributed by atoms with Gasteiger partial charge in [-0.05, 0) is 36.2 Å². The van der Waals surface area contributed by atoms with Crippen molar-refractivity contribution in [2.75, 3.05) is 19.0 Å². The monoisotopic (exact) mass is 363 g/mol. The summed E-state index contributed by atoms with van der Waals surface area (Å²) in [6, 6.07) is 13.5. The van der Waals surface area contributed by atoms with Gasteiger partial charge in [0, 0.05) is 25.1 Å². The molecule has 27 heavy (non-hydrogen) atoms. The second kappa shape index (κ2) is 9.28. The highest BCUT2D eigenvalue weighted by Gasteiger charge is 2.07. The van der Waals surface area contributed by atoms with Crippen LogP contribution in [0.15, 0.2) is 61.1 Å². The summed E-state index contributed by atoms with van der Waals surface area (Å²) in [4.78, 5) is 24.7. The zero-order chi connectivity index (χ0) is 18.9. The number of aromatic nitrogens is 3. The van der Waals surface area contributed by atoms with E-state index in [-0.39, 0.29) is 5.91 Å². The van der Waals surface area contributed by atoms with Crippen molar-refractivity contribution in [3.8, 4) is 5.75 Å². The normalized spacial score (nSPS) is 10.3. The standard InChI is InChI=1S/C20H21N5O2/c1-27-18-7-4-5-15(11-18)8-10-22-20-24-12-16(13-25-20)19(26)23-14-17-6-2-3-9-21-17/h2-7,9,11-13H,8,10,14H2,1H3,(H,23,26)(H,22,24,25). The molecule has 0 aliphatic heterocycles. The van der Waals surface area contributed by atoms with E-state index in [2.05, 4.69) is 25.6 Å². The fourth-order valence-corrected chi connectivity index (χ4v) is 2.46. The van der Waals surface area contributed by atoms with Gasteiger partial charge >= 0.3 is 0 Å². The first-order chi connectivity index (χ1) is 13.2. The number of rotatable bonds is 8. The summed E-state index contributed by atoms with van der Waals surface area (Å²) in [5, 5.41) is 5.95. The first-order valence-corrected chi connectivity index (χ1v) is 8.61. The van der Waals surface area contributed by atoms with Crippen LogP contribution in [0.5, 0.6) is 5.75 Å². The Morgan fingerprint density at radius 2 is 1.93 bits per heavy atom. The Balaban J connectivity index is 1.47. The predicted octanol–water partition coefficient (Wildman–Crippen LogP) is 2.46. The van der Waals surface area contributed by atoms with Crippen molar-refractivity contribution in [3.05, 3.63) is 77.9 Å². The SMILES string of the molecule is COc1cccc(CCNc2ncc(C(=O)NCc3ccccn3)cn2)c1. The van der Waals surface area contributed by atoms with E-state index < -0.39 is 0 Å². The molecule has 0 atom stereocenters. The van der Waals surface area contributed by atoms with Gasteiger partial charge in [-0.1, -0.05) is 18.2 Å². The van der Waals surface area contributed by atoms with E-state index in [1.54, 1.807) is 13.3 Å². The van der Waals surface area contributed by atoms with Gasteiger partial charge in [0.25, 0.3) is 5.91 Å². The molecule has 0 saturated heterocycles. The van der Waals surface area contributed by atoms with E-state index in [1.807, 2.05) is 42.5 Å². The van der Waals surface area contributed by atoms with Crippen molar-refractivity contribution in [3.63, 3.8) is 0 Å². The summed E-state index contributed by atoms with van der Waals surface area (Å²) in [7, 11) is 1.65. The lowest BCUT2D eigenvalue weighted by atomic mass is 10.1. The zero-order valence-electron chi connectivity index (χ0n) is 15.1. The Kier molecular flexibility index (Phi) is 6.30. The lowest BCUT2D eigenvalue weighted by molar-refractivity contribution is 0.0949. The third kappa shape index (κ3) is 5.50. The van der Waals surface area contributed by atoms with Gasteiger partial charge in [0.15, 0.2) is 0 Å². The average molecular weight is 363 g/mol. The minimum Gasteiger partial charge on any atom is -0.497 e. The smallest absolute Gasteiger partial charge is 0.254 e. The van der Waals surface area contributed by atoms with Crippen LogP contribution < -0.4 is 15.4 Å². The molecular formula is C20H21N5O2. The fraction of sp³-hybridized carbons (Fsp3) is 0.200. The molecule has 2 N–H and O–H groups in total. The van der Waals surface area contributed by atoms with Crippen LogP contribution in [0.2, 0.25) is 0 Å². The lowest BCUT2D eigenvalue weighted by Gasteiger charge is -2.07. The van der Waals surface area contributed by atoms with Crippen LogP contribution in [-0.4, -0.2) is 34.5 Å². The first kappa shape index (κ1) is 18.3. The molecule has 0 spiro atoms. The molecule has 0 unspecified atom stereocenters. The molecule has 7 heteroatoms. The second-order valence-corrected chi connectivity index (χ2v) is 5.83. The van der Waals surface area contributed by atoms with Crippen LogP contribution in [0.3, 0.4) is 0 Å². The number of anilines is 1. The number of ether oxygens (including phenoxy) is 1. The molecule has 2 aromatic heterocycles. The maximum atomic E-state index is 12.1. The summed E-state index contributed by atoms with van der Waals surface area (Å²) >= 11 is 0. The second-order valence-electron chi connectivity index (χ2n) is 5.83. The molecule has 2 heterocycles. The van der Waals surface area contributed by atoms with Gasteiger partial charge in [0.05, 0.1) is 24.9 Å². The van der Waals surface area contributed by atoms with Crippen molar-refractivity contribution in [1.29, 1.82) is 0 Å². The number of nitrogens with one attached hydrogen (secondary N) is 2. The van der Waals surface area contributed by atoms with Crippen LogP contribution in [0.1, 0.15) is 21.6 Å². The van der Waals surface area contributed by atoms with Crippen LogP contribution in [0, 0.1) is 0 Å². The molecule has 0 saturated carbocycles. The number of carbonyl (C=O) groups excluding carboxylic acids is 1. The predicted molar refractivity (Wildman–Crippen MR) is 103 cm³/mol. The van der Waals surface area contributed by atoms with Gasteiger partial charge in [-0.3, -0.25) is 9.78 Å². The third-order valence-corrected chi connectivity index (χ3v) is 3.90. The van der Waals surface area contributed by atoms with Crippen LogP contribution in [0.25, 0.3) is 0 Å². The summed E-state index contributed by atoms with van der Waals surface area (Å²) in [5.41, 5.74) is 2.36. The van der Waals surface area contributed by atoms with Crippen molar-refractivity contribution in [1.82, 2.24) is 20.3 Å². The molecule has 3 aromatic rings. The zero-order valence-corrected chi connectivity index (χ0v) is 15.1. The highest BCUT2D eigenvalue weighted by molar-refractivity contribution is 5.93. The van der Waals surface area contributed by atoms with Crippen LogP contribution in [0.4, 0.5) is 5.95 Å². The number of carbonyl (C=O) groups is 1. The number of hydrogen-bond acceptors (Lipinski definition) is 6. The average Bonchev–Trinajstić information content (AvgIpc) is 2.73. The number of methoxy groups -OCH3 is 1. The van der Waals surface area contributed by atoms with E-state index in [0.717, 1.165) is 23.4 Å². The van der Waals surface area contributed by atoms with E-state index in [1.165, 1.54) is 12.4 Å². The van der Waals surface area contributed by atoms with E-state index in [9.17, 15) is 4.79 Å². The molecule has 0 aliphatic carbocycles. The Morgan fingerprint density at radius 3 is 2.67 bits per heavy atom. The Bertz CT molecular complexity index is 869. The molecule has 1 amide bonds. The summed E-state index contributed by atoms with van der Waals surface area (Å²) in [6.07, 6.45) is 5.52. The number of amides is 1. The molecule has 0 aliphatic rings. The Hall–Kier alpha value is -3.48. The minimum atomic E-state index is -0.233. The van der Waals surface area contributed by atoms with Crippen LogP contribution >= 0.6 is 0 Å². The quantitative estimate of drug-likeness (QED) is 0.639. The van der Waals surface area contributed by atoms with Crippen molar-refractivity contribution in [2.45, 2.75) is 13.0 Å². The molecule has 0 radical (unpaired) electrons. The highest BCUT2D eigenvalue weighted by Crippen LogP contribution is 2.13. The van der Waals surface area contributed by atoms with Crippen molar-refractivity contribution < 1.29 is 9.53 Å². The molecule has 1 aromatic carbocycles. The largest absolute Gasteiger partial charge is 0.497 e. The van der Waals surface area contributed by atoms with Gasteiger partial charge < -0.3 is 15.4 Å². The molecular weight excluding hydrogens is 342 g/mol. The first-order valence-electron chi connectivity index (χ1n) is 8.61. The molecule has 3 rings (SSSR count). The maximum absolute atomic E-state index is 12.1. The third-order valence-electron chi connectivity index (χ3n) is 3.90. The summed E-state index contributed by atoms with van der Waals surface area (Å²) in [6.45, 7) is 1.04. The van der Waals surface area contributed by atoms with Crippen molar-refractivity contribution >= 4 is 11.9 Å². The fourth-order valence-electron chi connectivity index (χ4n) is 2.46. The minimum absolute atomic E-state index is 0.233. The number of nitrogens with zero attached hydrogens (tertiary/aromatic N) is 3. The van der Waals surface area contributed by atoms with E-state index in [0.29, 0.717) is 24.6 Å². The van der Waals surface area contributed by atoms with Gasteiger partial charge in [0.1, 0.15) is 5.75 Å². The number of benzene rings is 1. The van der Waals surface area contributed by atoms with Crippen LogP contribution in [-0.2, 0) is 13.0 Å². The summed E-state index contributed by atoms with van der Waals surface area (Å²) in [5.74, 6) is 1.09. The summed E-state index contributed by atoms with van der Waals surface area (Å²) < 4.78 is 5.22. The molecule has 7 nitrogen and oxygen atoms in total.